The summed E-state index contributed by atoms with van der Waals surface area (Å²) < 4.78 is 21.7. The Labute approximate surface area is 188 Å². The van der Waals surface area contributed by atoms with E-state index in [0.29, 0.717) is 29.3 Å². The molecule has 1 fully saturated rings. The van der Waals surface area contributed by atoms with Crippen LogP contribution in [0.1, 0.15) is 31.1 Å². The predicted octanol–water partition coefficient (Wildman–Crippen LogP) is 4.01. The van der Waals surface area contributed by atoms with Crippen LogP contribution in [0.15, 0.2) is 36.8 Å². The van der Waals surface area contributed by atoms with Crippen LogP contribution in [0.2, 0.25) is 10.0 Å². The first-order valence-corrected chi connectivity index (χ1v) is 10.6. The van der Waals surface area contributed by atoms with Crippen molar-refractivity contribution in [2.24, 2.45) is 0 Å². The lowest BCUT2D eigenvalue weighted by Gasteiger charge is -2.27. The van der Waals surface area contributed by atoms with Crippen molar-refractivity contribution in [1.29, 1.82) is 0 Å². The van der Waals surface area contributed by atoms with Gasteiger partial charge in [-0.15, -0.1) is 0 Å². The van der Waals surface area contributed by atoms with Crippen LogP contribution >= 0.6 is 23.2 Å². The Kier molecular flexibility index (Phi) is 6.34. The minimum absolute atomic E-state index is 0.0623. The van der Waals surface area contributed by atoms with Crippen molar-refractivity contribution in [3.05, 3.63) is 58.2 Å². The van der Waals surface area contributed by atoms with Crippen molar-refractivity contribution < 1.29 is 14.2 Å². The quantitative estimate of drug-likeness (QED) is 0.492. The lowest BCUT2D eigenvalue weighted by atomic mass is 10.1. The molecule has 0 radical (unpaired) electrons. The Bertz CT molecular complexity index is 1090. The van der Waals surface area contributed by atoms with Crippen molar-refractivity contribution in [2.45, 2.75) is 31.6 Å². The number of aliphatic hydroxyl groups is 1. The molecule has 1 aliphatic rings. The number of pyridine rings is 1. The van der Waals surface area contributed by atoms with Crippen LogP contribution in [0.4, 0.5) is 10.2 Å². The van der Waals surface area contributed by atoms with E-state index in [1.165, 1.54) is 12.1 Å². The van der Waals surface area contributed by atoms with E-state index in [-0.39, 0.29) is 16.9 Å². The molecule has 0 amide bonds. The normalized spacial score (nSPS) is 19.9. The molecule has 3 heterocycles. The van der Waals surface area contributed by atoms with Gasteiger partial charge in [-0.25, -0.2) is 9.37 Å². The van der Waals surface area contributed by atoms with E-state index in [1.807, 2.05) is 10.9 Å². The van der Waals surface area contributed by atoms with E-state index in [4.69, 9.17) is 33.7 Å². The van der Waals surface area contributed by atoms with Crippen LogP contribution in [0.25, 0.3) is 11.1 Å². The van der Waals surface area contributed by atoms with Gasteiger partial charge in [0.15, 0.2) is 11.6 Å². The summed E-state index contributed by atoms with van der Waals surface area (Å²) in [5.74, 6) is -0.0683. The van der Waals surface area contributed by atoms with E-state index in [1.54, 1.807) is 25.4 Å². The first kappa shape index (κ1) is 21.8. The number of benzene rings is 1. The zero-order valence-electron chi connectivity index (χ0n) is 16.7. The van der Waals surface area contributed by atoms with Gasteiger partial charge in [-0.1, -0.05) is 23.2 Å². The fourth-order valence-electron chi connectivity index (χ4n) is 3.66. The number of ether oxygens (including phenoxy) is 1. The number of nitrogen functional groups attached to an aromatic ring is 1. The zero-order valence-corrected chi connectivity index (χ0v) is 18.2. The Morgan fingerprint density at radius 2 is 2.10 bits per heavy atom. The highest BCUT2D eigenvalue weighted by atomic mass is 35.5. The highest BCUT2D eigenvalue weighted by molar-refractivity contribution is 6.36. The number of halogens is 3. The molecule has 31 heavy (non-hydrogen) atoms. The van der Waals surface area contributed by atoms with Gasteiger partial charge in [0.2, 0.25) is 0 Å². The molecule has 4 N–H and O–H groups in total. The second-order valence-corrected chi connectivity index (χ2v) is 8.32. The molecule has 0 bridgehead atoms. The Morgan fingerprint density at radius 1 is 1.29 bits per heavy atom. The lowest BCUT2D eigenvalue weighted by molar-refractivity contribution is 0.113. The van der Waals surface area contributed by atoms with Gasteiger partial charge in [-0.2, -0.15) is 5.10 Å². The molecule has 1 aliphatic heterocycles. The predicted molar refractivity (Wildman–Crippen MR) is 118 cm³/mol. The molecule has 4 rings (SSSR count). The summed E-state index contributed by atoms with van der Waals surface area (Å²) in [5, 5.41) is 17.7. The molecule has 7 nitrogen and oxygen atoms in total. The Hall–Kier alpha value is -2.39. The molecule has 2 aromatic heterocycles. The number of hydrogen-bond acceptors (Lipinski definition) is 6. The first-order valence-electron chi connectivity index (χ1n) is 9.82. The maximum absolute atomic E-state index is 13.9. The van der Waals surface area contributed by atoms with Crippen molar-refractivity contribution >= 4 is 29.0 Å². The van der Waals surface area contributed by atoms with Crippen molar-refractivity contribution in [3.8, 4) is 16.9 Å². The summed E-state index contributed by atoms with van der Waals surface area (Å²) in [5.41, 5.74) is 7.92. The zero-order chi connectivity index (χ0) is 22.1. The van der Waals surface area contributed by atoms with Crippen LogP contribution in [-0.4, -0.2) is 39.1 Å². The Morgan fingerprint density at radius 3 is 2.87 bits per heavy atom. The summed E-state index contributed by atoms with van der Waals surface area (Å²) in [4.78, 5) is 4.22. The van der Waals surface area contributed by atoms with Crippen LogP contribution in [0.5, 0.6) is 5.75 Å². The largest absolute Gasteiger partial charge is 0.482 e. The second kappa shape index (κ2) is 9.00. The number of rotatable bonds is 5. The van der Waals surface area contributed by atoms with Gasteiger partial charge in [-0.3, -0.25) is 4.68 Å². The number of nitrogens with one attached hydrogen (secondary N) is 1. The minimum Gasteiger partial charge on any atom is -0.482 e. The van der Waals surface area contributed by atoms with Crippen LogP contribution < -0.4 is 15.8 Å². The van der Waals surface area contributed by atoms with Gasteiger partial charge in [0, 0.05) is 47.2 Å². The smallest absolute Gasteiger partial charge is 0.166 e. The third-order valence-electron chi connectivity index (χ3n) is 5.28. The number of nitrogens with zero attached hydrogens (tertiary/aromatic N) is 3. The number of nitrogens with two attached hydrogens (primary N) is 1. The molecule has 0 aliphatic carbocycles. The molecular formula is C21H22Cl2FN5O2. The fraction of sp³-hybridized carbons (Fsp3) is 0.333. The topological polar surface area (TPSA) is 98.2 Å². The summed E-state index contributed by atoms with van der Waals surface area (Å²) in [6.07, 6.45) is 4.83. The summed E-state index contributed by atoms with van der Waals surface area (Å²) in [6.45, 7) is 3.03. The molecule has 3 atom stereocenters. The molecule has 3 unspecified atom stereocenters. The average Bonchev–Trinajstić information content (AvgIpc) is 3.23. The third kappa shape index (κ3) is 4.62. The van der Waals surface area contributed by atoms with Gasteiger partial charge in [0.05, 0.1) is 23.4 Å². The standard InChI is InChI=1S/C21H22Cl2FN5O2/c1-11(19-16(22)2-3-17(24)20(19)23)31-18-4-12(6-27-21(18)25)13-7-28-29(10-13)14-5-15(30)9-26-8-14/h2-4,6-7,10-11,14-15,26,30H,5,8-9H2,1H3,(H2,25,27). The van der Waals surface area contributed by atoms with Crippen molar-refractivity contribution in [2.75, 3.05) is 18.8 Å². The van der Waals surface area contributed by atoms with Crippen molar-refractivity contribution in [1.82, 2.24) is 20.1 Å². The number of hydrogen-bond donors (Lipinski definition) is 3. The monoisotopic (exact) mass is 465 g/mol. The summed E-state index contributed by atoms with van der Waals surface area (Å²) in [6, 6.07) is 4.44. The molecule has 0 spiro atoms. The van der Waals surface area contributed by atoms with E-state index >= 15 is 0 Å². The van der Waals surface area contributed by atoms with E-state index < -0.39 is 18.0 Å². The maximum atomic E-state index is 13.9. The molecule has 164 valence electrons. The minimum atomic E-state index is -0.660. The van der Waals surface area contributed by atoms with Crippen molar-refractivity contribution in [3.63, 3.8) is 0 Å². The number of aliphatic hydroxyl groups excluding tert-OH is 1. The molecule has 0 saturated carbocycles. The second-order valence-electron chi connectivity index (χ2n) is 7.53. The van der Waals surface area contributed by atoms with E-state index in [9.17, 15) is 9.50 Å². The number of anilines is 1. The third-order valence-corrected chi connectivity index (χ3v) is 6.00. The van der Waals surface area contributed by atoms with Crippen LogP contribution in [-0.2, 0) is 0 Å². The molecular weight excluding hydrogens is 444 g/mol. The van der Waals surface area contributed by atoms with Crippen LogP contribution in [0.3, 0.4) is 0 Å². The number of β-amino-alcohol motifs (C(OH)–C–C–N with tert-alkyl or cyclic N) is 1. The maximum Gasteiger partial charge on any atom is 0.166 e. The van der Waals surface area contributed by atoms with Gasteiger partial charge < -0.3 is 20.9 Å². The first-order chi connectivity index (χ1) is 14.8. The van der Waals surface area contributed by atoms with Gasteiger partial charge >= 0.3 is 0 Å². The van der Waals surface area contributed by atoms with Gasteiger partial charge in [0.1, 0.15) is 11.9 Å². The van der Waals surface area contributed by atoms with Gasteiger partial charge in [-0.05, 0) is 31.5 Å². The van der Waals surface area contributed by atoms with E-state index in [0.717, 1.165) is 17.7 Å². The highest BCUT2D eigenvalue weighted by Crippen LogP contribution is 2.37. The molecule has 3 aromatic rings. The number of aromatic nitrogens is 3. The average molecular weight is 466 g/mol. The van der Waals surface area contributed by atoms with Crippen LogP contribution in [0, 0.1) is 5.82 Å². The highest BCUT2D eigenvalue weighted by Gasteiger charge is 2.23. The molecule has 1 saturated heterocycles. The number of piperidine rings is 1. The SMILES string of the molecule is CC(Oc1cc(-c2cnn(C3CNCC(O)C3)c2)cnc1N)c1c(Cl)ccc(F)c1Cl. The molecule has 10 heteroatoms. The Balaban J connectivity index is 1.58. The lowest BCUT2D eigenvalue weighted by Crippen LogP contribution is -2.40. The molecule has 1 aromatic carbocycles. The fourth-order valence-corrected chi connectivity index (χ4v) is 4.34. The van der Waals surface area contributed by atoms with E-state index in [2.05, 4.69) is 15.4 Å². The summed E-state index contributed by atoms with van der Waals surface area (Å²) >= 11 is 12.3. The summed E-state index contributed by atoms with van der Waals surface area (Å²) in [7, 11) is 0. The van der Waals surface area contributed by atoms with Gasteiger partial charge in [0.25, 0.3) is 0 Å².